The third kappa shape index (κ3) is 3.22. The fourth-order valence-corrected chi connectivity index (χ4v) is 4.36. The van der Waals surface area contributed by atoms with Gasteiger partial charge in [0.2, 0.25) is 0 Å². The van der Waals surface area contributed by atoms with Gasteiger partial charge in [0.05, 0.1) is 6.04 Å². The lowest BCUT2D eigenvalue weighted by Crippen LogP contribution is -2.27. The zero-order valence-electron chi connectivity index (χ0n) is 14.7. The minimum Gasteiger partial charge on any atom is -0.349 e. The van der Waals surface area contributed by atoms with Crippen molar-refractivity contribution in [3.05, 3.63) is 76.6 Å². The van der Waals surface area contributed by atoms with E-state index in [0.29, 0.717) is 11.6 Å². The molecule has 0 bridgehead atoms. The Hall–Kier alpha value is -2.66. The van der Waals surface area contributed by atoms with Crippen molar-refractivity contribution in [2.24, 2.45) is 0 Å². The molecule has 0 saturated carbocycles. The summed E-state index contributed by atoms with van der Waals surface area (Å²) in [7, 11) is 1.81. The molecule has 3 aromatic rings. The molecule has 1 atom stereocenters. The lowest BCUT2D eigenvalue weighted by molar-refractivity contribution is 0.0993. The molecule has 5 heteroatoms. The van der Waals surface area contributed by atoms with Crippen molar-refractivity contribution in [2.75, 3.05) is 23.4 Å². The Bertz CT molecular complexity index is 879. The van der Waals surface area contributed by atoms with Crippen LogP contribution in [0.1, 0.15) is 34.1 Å². The first-order valence-electron chi connectivity index (χ1n) is 8.83. The number of para-hydroxylation sites is 1. The first-order chi connectivity index (χ1) is 12.7. The quantitative estimate of drug-likeness (QED) is 0.670. The molecule has 0 radical (unpaired) electrons. The molecule has 1 aliphatic heterocycles. The number of aromatic nitrogens is 1. The molecule has 1 amide bonds. The number of carbonyl (C=O) groups is 1. The van der Waals surface area contributed by atoms with Crippen LogP contribution in [0.3, 0.4) is 0 Å². The summed E-state index contributed by atoms with van der Waals surface area (Å²) in [5.41, 5.74) is 1.55. The Morgan fingerprint density at radius 1 is 1.19 bits per heavy atom. The number of amides is 1. The number of nitrogens with zero attached hydrogens (tertiary/aromatic N) is 3. The van der Waals surface area contributed by atoms with E-state index in [1.54, 1.807) is 28.5 Å². The van der Waals surface area contributed by atoms with Crippen molar-refractivity contribution >= 4 is 28.7 Å². The van der Waals surface area contributed by atoms with Gasteiger partial charge in [-0.2, -0.15) is 0 Å². The van der Waals surface area contributed by atoms with E-state index in [9.17, 15) is 4.79 Å². The van der Waals surface area contributed by atoms with Crippen LogP contribution >= 0.6 is 11.3 Å². The van der Waals surface area contributed by atoms with Crippen molar-refractivity contribution in [1.29, 1.82) is 0 Å². The summed E-state index contributed by atoms with van der Waals surface area (Å²) in [5.74, 6) is 0.861. The standard InChI is InChI=1S/C21H21N3OS/c1-23(17-7-3-2-4-8-17)21(25)16-11-12-22-20(15-16)24-13-5-9-18(24)19-10-6-14-26-19/h2-4,6-8,10-12,14-15,18H,5,9,13H2,1H3/t18-/m0/s1. The minimum atomic E-state index is -0.0216. The van der Waals surface area contributed by atoms with Gasteiger partial charge in [-0.15, -0.1) is 11.3 Å². The molecule has 1 saturated heterocycles. The molecular formula is C21H21N3OS. The highest BCUT2D eigenvalue weighted by molar-refractivity contribution is 7.10. The monoisotopic (exact) mass is 363 g/mol. The smallest absolute Gasteiger partial charge is 0.258 e. The van der Waals surface area contributed by atoms with Crippen LogP contribution in [0.4, 0.5) is 11.5 Å². The largest absolute Gasteiger partial charge is 0.349 e. The lowest BCUT2D eigenvalue weighted by atomic mass is 10.1. The number of hydrogen-bond donors (Lipinski definition) is 0. The fourth-order valence-electron chi connectivity index (χ4n) is 3.49. The number of pyridine rings is 1. The van der Waals surface area contributed by atoms with E-state index in [-0.39, 0.29) is 5.91 Å². The van der Waals surface area contributed by atoms with Gasteiger partial charge in [-0.3, -0.25) is 4.79 Å². The average molecular weight is 363 g/mol. The van der Waals surface area contributed by atoms with Crippen LogP contribution in [-0.2, 0) is 0 Å². The molecular weight excluding hydrogens is 342 g/mol. The van der Waals surface area contributed by atoms with Crippen LogP contribution in [0.2, 0.25) is 0 Å². The summed E-state index contributed by atoms with van der Waals surface area (Å²) >= 11 is 1.79. The van der Waals surface area contributed by atoms with Crippen molar-refractivity contribution in [3.8, 4) is 0 Å². The topological polar surface area (TPSA) is 36.4 Å². The predicted octanol–water partition coefficient (Wildman–Crippen LogP) is 4.76. The van der Waals surface area contributed by atoms with Gasteiger partial charge in [-0.05, 0) is 48.6 Å². The van der Waals surface area contributed by atoms with Crippen molar-refractivity contribution in [2.45, 2.75) is 18.9 Å². The van der Waals surface area contributed by atoms with Gasteiger partial charge < -0.3 is 9.80 Å². The number of thiophene rings is 1. The number of anilines is 2. The zero-order valence-corrected chi connectivity index (χ0v) is 15.5. The maximum absolute atomic E-state index is 12.9. The van der Waals surface area contributed by atoms with Crippen LogP contribution in [0.15, 0.2) is 66.2 Å². The van der Waals surface area contributed by atoms with Crippen molar-refractivity contribution < 1.29 is 4.79 Å². The fraction of sp³-hybridized carbons (Fsp3) is 0.238. The maximum Gasteiger partial charge on any atom is 0.258 e. The molecule has 1 aliphatic rings. The van der Waals surface area contributed by atoms with Gasteiger partial charge in [-0.25, -0.2) is 4.98 Å². The molecule has 3 heterocycles. The second kappa shape index (κ2) is 7.30. The molecule has 4 rings (SSSR count). The van der Waals surface area contributed by atoms with Gasteiger partial charge in [-0.1, -0.05) is 24.3 Å². The number of benzene rings is 1. The van der Waals surface area contributed by atoms with E-state index >= 15 is 0 Å². The van der Waals surface area contributed by atoms with Crippen LogP contribution in [-0.4, -0.2) is 24.5 Å². The van der Waals surface area contributed by atoms with Gasteiger partial charge in [0, 0.05) is 35.9 Å². The van der Waals surface area contributed by atoms with Gasteiger partial charge in [0.15, 0.2) is 0 Å². The maximum atomic E-state index is 12.9. The Morgan fingerprint density at radius 2 is 2.04 bits per heavy atom. The molecule has 0 spiro atoms. The van der Waals surface area contributed by atoms with Crippen LogP contribution < -0.4 is 9.80 Å². The third-order valence-electron chi connectivity index (χ3n) is 4.86. The van der Waals surface area contributed by atoms with Crippen LogP contribution in [0.25, 0.3) is 0 Å². The SMILES string of the molecule is CN(C(=O)c1ccnc(N2CCC[C@H]2c2cccs2)c1)c1ccccc1. The highest BCUT2D eigenvalue weighted by atomic mass is 32.1. The number of rotatable bonds is 4. The summed E-state index contributed by atoms with van der Waals surface area (Å²) in [6.07, 6.45) is 4.02. The molecule has 0 aliphatic carbocycles. The first kappa shape index (κ1) is 16.8. The summed E-state index contributed by atoms with van der Waals surface area (Å²) < 4.78 is 0. The molecule has 26 heavy (non-hydrogen) atoms. The summed E-state index contributed by atoms with van der Waals surface area (Å²) in [6.45, 7) is 0.974. The number of hydrogen-bond acceptors (Lipinski definition) is 4. The van der Waals surface area contributed by atoms with E-state index in [2.05, 4.69) is 27.4 Å². The van der Waals surface area contributed by atoms with Crippen LogP contribution in [0, 0.1) is 0 Å². The Morgan fingerprint density at radius 3 is 2.81 bits per heavy atom. The molecule has 2 aromatic heterocycles. The summed E-state index contributed by atoms with van der Waals surface area (Å²) in [6, 6.07) is 18.1. The molecule has 132 valence electrons. The van der Waals surface area contributed by atoms with E-state index in [1.807, 2.05) is 43.4 Å². The van der Waals surface area contributed by atoms with E-state index in [0.717, 1.165) is 30.9 Å². The second-order valence-corrected chi connectivity index (χ2v) is 7.45. The van der Waals surface area contributed by atoms with Gasteiger partial charge in [0.1, 0.15) is 5.82 Å². The molecule has 1 fully saturated rings. The normalized spacial score (nSPS) is 16.7. The Labute approximate surface area is 157 Å². The van der Waals surface area contributed by atoms with E-state index in [1.165, 1.54) is 4.88 Å². The Kier molecular flexibility index (Phi) is 4.71. The van der Waals surface area contributed by atoms with Gasteiger partial charge in [0.25, 0.3) is 5.91 Å². The highest BCUT2D eigenvalue weighted by Gasteiger charge is 2.28. The summed E-state index contributed by atoms with van der Waals surface area (Å²) in [4.78, 5) is 22.8. The van der Waals surface area contributed by atoms with E-state index < -0.39 is 0 Å². The van der Waals surface area contributed by atoms with Crippen LogP contribution in [0.5, 0.6) is 0 Å². The van der Waals surface area contributed by atoms with E-state index in [4.69, 9.17) is 0 Å². The van der Waals surface area contributed by atoms with Crippen molar-refractivity contribution in [3.63, 3.8) is 0 Å². The Balaban J connectivity index is 1.59. The molecule has 4 nitrogen and oxygen atoms in total. The van der Waals surface area contributed by atoms with Crippen molar-refractivity contribution in [1.82, 2.24) is 4.98 Å². The predicted molar refractivity (Wildman–Crippen MR) is 107 cm³/mol. The average Bonchev–Trinajstić information content (AvgIpc) is 3.39. The molecule has 0 unspecified atom stereocenters. The minimum absolute atomic E-state index is 0.0216. The molecule has 0 N–H and O–H groups in total. The van der Waals surface area contributed by atoms with Gasteiger partial charge >= 0.3 is 0 Å². The second-order valence-electron chi connectivity index (χ2n) is 6.47. The highest BCUT2D eigenvalue weighted by Crippen LogP contribution is 2.37. The lowest BCUT2D eigenvalue weighted by Gasteiger charge is -2.25. The summed E-state index contributed by atoms with van der Waals surface area (Å²) in [5, 5.41) is 2.12. The third-order valence-corrected chi connectivity index (χ3v) is 5.83. The zero-order chi connectivity index (χ0) is 17.9. The number of carbonyl (C=O) groups excluding carboxylic acids is 1. The molecule has 1 aromatic carbocycles. The first-order valence-corrected chi connectivity index (χ1v) is 9.71.